The Bertz CT molecular complexity index is 928. The molecule has 7 heteroatoms. The lowest BCUT2D eigenvalue weighted by atomic mass is 10.0. The second-order valence-corrected chi connectivity index (χ2v) is 8.81. The number of anilines is 1. The average molecular weight is 412 g/mol. The Balaban J connectivity index is 1.50. The second kappa shape index (κ2) is 8.67. The van der Waals surface area contributed by atoms with Crippen molar-refractivity contribution in [2.75, 3.05) is 5.32 Å². The fraction of sp³-hybridized carbons (Fsp3) is 0.286. The molecule has 0 spiro atoms. The number of carbonyl (C=O) groups is 2. The molecule has 4 rings (SSSR count). The zero-order valence-corrected chi connectivity index (χ0v) is 16.9. The van der Waals surface area contributed by atoms with Gasteiger partial charge in [0.2, 0.25) is 5.91 Å². The van der Waals surface area contributed by atoms with Gasteiger partial charge in [-0.2, -0.15) is 0 Å². The highest BCUT2D eigenvalue weighted by molar-refractivity contribution is 7.15. The molecular weight excluding hydrogens is 390 g/mol. The second-order valence-electron chi connectivity index (χ2n) is 6.78. The van der Waals surface area contributed by atoms with Crippen molar-refractivity contribution >= 4 is 39.6 Å². The third kappa shape index (κ3) is 4.48. The fourth-order valence-corrected chi connectivity index (χ4v) is 4.97. The van der Waals surface area contributed by atoms with Crippen molar-refractivity contribution < 1.29 is 9.59 Å². The number of hydrogen-bond donors (Lipinski definition) is 2. The molecule has 28 heavy (non-hydrogen) atoms. The Morgan fingerprint density at radius 2 is 1.89 bits per heavy atom. The van der Waals surface area contributed by atoms with Gasteiger partial charge in [0.1, 0.15) is 6.04 Å². The number of aromatic nitrogens is 1. The Hall–Kier alpha value is -2.51. The topological polar surface area (TPSA) is 71.1 Å². The standard InChI is InChI=1S/C21H21N3O2S2/c25-19(24-21-23-15-9-4-5-10-17(15)28-21)16(13-14-7-2-1-3-8-14)22-20(26)18-11-6-12-27-18/h1-3,6-8,11-12,16H,4-5,9-10,13H2,(H,22,26)(H,23,24,25)/t16-/m1/s1. The van der Waals surface area contributed by atoms with E-state index in [1.807, 2.05) is 41.8 Å². The van der Waals surface area contributed by atoms with Crippen LogP contribution in [0.1, 0.15) is 38.6 Å². The number of rotatable bonds is 6. The molecule has 2 N–H and O–H groups in total. The lowest BCUT2D eigenvalue weighted by Gasteiger charge is -2.17. The van der Waals surface area contributed by atoms with Crippen LogP contribution in [0.2, 0.25) is 0 Å². The first-order valence-corrected chi connectivity index (χ1v) is 11.1. The fourth-order valence-electron chi connectivity index (χ4n) is 3.29. The van der Waals surface area contributed by atoms with E-state index in [0.717, 1.165) is 30.5 Å². The lowest BCUT2D eigenvalue weighted by molar-refractivity contribution is -0.118. The summed E-state index contributed by atoms with van der Waals surface area (Å²) in [5, 5.41) is 8.29. The van der Waals surface area contributed by atoms with E-state index in [1.54, 1.807) is 17.4 Å². The van der Waals surface area contributed by atoms with E-state index in [0.29, 0.717) is 16.4 Å². The molecule has 0 bridgehead atoms. The van der Waals surface area contributed by atoms with Crippen molar-refractivity contribution in [2.24, 2.45) is 0 Å². The van der Waals surface area contributed by atoms with E-state index in [1.165, 1.54) is 22.6 Å². The summed E-state index contributed by atoms with van der Waals surface area (Å²) in [6.45, 7) is 0. The first kappa shape index (κ1) is 18.8. The number of thiazole rings is 1. The number of benzene rings is 1. The minimum absolute atomic E-state index is 0.232. The van der Waals surface area contributed by atoms with Gasteiger partial charge in [-0.05, 0) is 42.7 Å². The molecule has 2 amide bonds. The summed E-state index contributed by atoms with van der Waals surface area (Å²) < 4.78 is 0. The Morgan fingerprint density at radius 3 is 2.64 bits per heavy atom. The van der Waals surface area contributed by atoms with Crippen molar-refractivity contribution in [3.63, 3.8) is 0 Å². The third-order valence-electron chi connectivity index (χ3n) is 4.73. The number of hydrogen-bond acceptors (Lipinski definition) is 5. The quantitative estimate of drug-likeness (QED) is 0.642. The van der Waals surface area contributed by atoms with Gasteiger partial charge in [0.05, 0.1) is 10.6 Å². The van der Waals surface area contributed by atoms with Crippen molar-refractivity contribution in [1.29, 1.82) is 0 Å². The van der Waals surface area contributed by atoms with Crippen LogP contribution >= 0.6 is 22.7 Å². The third-order valence-corrected chi connectivity index (χ3v) is 6.67. The van der Waals surface area contributed by atoms with E-state index in [2.05, 4.69) is 15.6 Å². The summed E-state index contributed by atoms with van der Waals surface area (Å²) in [6.07, 6.45) is 4.76. The van der Waals surface area contributed by atoms with Gasteiger partial charge < -0.3 is 10.6 Å². The number of nitrogens with one attached hydrogen (secondary N) is 2. The molecular formula is C21H21N3O2S2. The monoisotopic (exact) mass is 411 g/mol. The number of aryl methyl sites for hydroxylation is 2. The Labute approximate surface area is 171 Å². The van der Waals surface area contributed by atoms with E-state index < -0.39 is 6.04 Å². The molecule has 0 radical (unpaired) electrons. The van der Waals surface area contributed by atoms with Crippen molar-refractivity contribution in [3.05, 3.63) is 68.9 Å². The summed E-state index contributed by atoms with van der Waals surface area (Å²) in [5.74, 6) is -0.468. The molecule has 1 atom stereocenters. The molecule has 1 aliphatic rings. The molecule has 0 saturated heterocycles. The molecule has 0 saturated carbocycles. The van der Waals surface area contributed by atoms with E-state index in [9.17, 15) is 9.59 Å². The van der Waals surface area contributed by atoms with Crippen LogP contribution in [0, 0.1) is 0 Å². The summed E-state index contributed by atoms with van der Waals surface area (Å²) in [5.41, 5.74) is 2.10. The number of carbonyl (C=O) groups excluding carboxylic acids is 2. The normalized spacial score (nSPS) is 14.1. The van der Waals surface area contributed by atoms with E-state index >= 15 is 0 Å². The predicted molar refractivity (Wildman–Crippen MR) is 113 cm³/mol. The molecule has 1 aliphatic carbocycles. The number of thiophene rings is 1. The SMILES string of the molecule is O=C(N[C@H](Cc1ccccc1)C(=O)Nc1nc2c(s1)CCCC2)c1cccs1. The minimum Gasteiger partial charge on any atom is -0.339 e. The van der Waals surface area contributed by atoms with Crippen LogP contribution in [0.4, 0.5) is 5.13 Å². The number of amides is 2. The first-order chi connectivity index (χ1) is 13.7. The highest BCUT2D eigenvalue weighted by atomic mass is 32.1. The molecule has 3 aromatic rings. The molecule has 2 heterocycles. The number of fused-ring (bicyclic) bond motifs is 1. The predicted octanol–water partition coefficient (Wildman–Crippen LogP) is 4.06. The maximum atomic E-state index is 13.0. The van der Waals surface area contributed by atoms with Crippen molar-refractivity contribution in [3.8, 4) is 0 Å². The number of nitrogens with zero attached hydrogens (tertiary/aromatic N) is 1. The maximum absolute atomic E-state index is 13.0. The Kier molecular flexibility index (Phi) is 5.83. The van der Waals surface area contributed by atoms with Gasteiger partial charge in [0.15, 0.2) is 5.13 Å². The maximum Gasteiger partial charge on any atom is 0.262 e. The highest BCUT2D eigenvalue weighted by Gasteiger charge is 2.24. The van der Waals surface area contributed by atoms with Gasteiger partial charge in [-0.3, -0.25) is 9.59 Å². The van der Waals surface area contributed by atoms with Crippen molar-refractivity contribution in [2.45, 2.75) is 38.1 Å². The van der Waals surface area contributed by atoms with Crippen LogP contribution in [0.5, 0.6) is 0 Å². The zero-order chi connectivity index (χ0) is 19.3. The molecule has 5 nitrogen and oxygen atoms in total. The van der Waals surface area contributed by atoms with Crippen LogP contribution < -0.4 is 10.6 Å². The van der Waals surface area contributed by atoms with Crippen LogP contribution in [-0.4, -0.2) is 22.8 Å². The van der Waals surface area contributed by atoms with Gasteiger partial charge in [-0.25, -0.2) is 4.98 Å². The lowest BCUT2D eigenvalue weighted by Crippen LogP contribution is -2.45. The van der Waals surface area contributed by atoms with Gasteiger partial charge in [0, 0.05) is 11.3 Å². The van der Waals surface area contributed by atoms with Crippen molar-refractivity contribution in [1.82, 2.24) is 10.3 Å². The Morgan fingerprint density at radius 1 is 1.07 bits per heavy atom. The van der Waals surface area contributed by atoms with Gasteiger partial charge in [-0.15, -0.1) is 22.7 Å². The van der Waals surface area contributed by atoms with Crippen LogP contribution in [0.25, 0.3) is 0 Å². The molecule has 144 valence electrons. The summed E-state index contributed by atoms with van der Waals surface area (Å²) in [7, 11) is 0. The zero-order valence-electron chi connectivity index (χ0n) is 15.3. The molecule has 2 aromatic heterocycles. The van der Waals surface area contributed by atoms with Gasteiger partial charge >= 0.3 is 0 Å². The van der Waals surface area contributed by atoms with E-state index in [4.69, 9.17) is 0 Å². The highest BCUT2D eigenvalue weighted by Crippen LogP contribution is 2.29. The van der Waals surface area contributed by atoms with Gasteiger partial charge in [-0.1, -0.05) is 36.4 Å². The van der Waals surface area contributed by atoms with Gasteiger partial charge in [0.25, 0.3) is 5.91 Å². The molecule has 1 aromatic carbocycles. The van der Waals surface area contributed by atoms with Crippen LogP contribution in [0.3, 0.4) is 0 Å². The largest absolute Gasteiger partial charge is 0.339 e. The summed E-state index contributed by atoms with van der Waals surface area (Å²) >= 11 is 2.91. The summed E-state index contributed by atoms with van der Waals surface area (Å²) in [4.78, 5) is 32.0. The van der Waals surface area contributed by atoms with Crippen LogP contribution in [-0.2, 0) is 24.1 Å². The van der Waals surface area contributed by atoms with E-state index in [-0.39, 0.29) is 11.8 Å². The minimum atomic E-state index is -0.669. The first-order valence-electron chi connectivity index (χ1n) is 9.37. The molecule has 0 unspecified atom stereocenters. The molecule has 0 fully saturated rings. The average Bonchev–Trinajstić information content (AvgIpc) is 3.37. The van der Waals surface area contributed by atoms with Crippen LogP contribution in [0.15, 0.2) is 47.8 Å². The summed E-state index contributed by atoms with van der Waals surface area (Å²) in [6, 6.07) is 12.6. The smallest absolute Gasteiger partial charge is 0.262 e. The molecule has 0 aliphatic heterocycles.